The monoisotopic (exact) mass is 561 g/mol. The van der Waals surface area contributed by atoms with Crippen LogP contribution in [0.2, 0.25) is 0 Å². The summed E-state index contributed by atoms with van der Waals surface area (Å²) in [6.45, 7) is 2.30. The molecule has 0 saturated heterocycles. The van der Waals surface area contributed by atoms with Crippen molar-refractivity contribution in [3.63, 3.8) is 0 Å². The highest BCUT2D eigenvalue weighted by atomic mass is 14.8. The normalized spacial score (nSPS) is 25.3. The Balaban J connectivity index is 1.27. The van der Waals surface area contributed by atoms with Crippen LogP contribution in [-0.2, 0) is 0 Å². The number of rotatable bonds is 6. The Bertz CT molecular complexity index is 1670. The Kier molecular flexibility index (Phi) is 7.96. The van der Waals surface area contributed by atoms with E-state index in [0.717, 1.165) is 49.1 Å². The lowest BCUT2D eigenvalue weighted by molar-refractivity contribution is 0.450. The molecule has 4 unspecified atom stereocenters. The van der Waals surface area contributed by atoms with E-state index >= 15 is 0 Å². The van der Waals surface area contributed by atoms with Crippen LogP contribution in [0.1, 0.15) is 56.7 Å². The average molecular weight is 562 g/mol. The largest absolute Gasteiger partial charge is 0.294 e. The smallest absolute Gasteiger partial charge is 0.0793 e. The Morgan fingerprint density at radius 1 is 0.767 bits per heavy atom. The van der Waals surface area contributed by atoms with Gasteiger partial charge in [-0.3, -0.25) is 15.0 Å². The van der Waals surface area contributed by atoms with E-state index in [9.17, 15) is 0 Å². The molecular weight excluding hydrogens is 522 g/mol. The van der Waals surface area contributed by atoms with Gasteiger partial charge in [0.05, 0.1) is 23.5 Å². The molecule has 1 aromatic heterocycles. The Labute approximate surface area is 255 Å². The van der Waals surface area contributed by atoms with Gasteiger partial charge < -0.3 is 0 Å². The van der Waals surface area contributed by atoms with Crippen LogP contribution in [0, 0.1) is 11.8 Å². The molecule has 0 spiro atoms. The third-order valence-electron chi connectivity index (χ3n) is 9.15. The first-order valence-electron chi connectivity index (χ1n) is 15.9. The number of hydrogen-bond acceptors (Lipinski definition) is 3. The van der Waals surface area contributed by atoms with Crippen LogP contribution in [0.3, 0.4) is 0 Å². The second kappa shape index (κ2) is 12.5. The van der Waals surface area contributed by atoms with Gasteiger partial charge in [-0.1, -0.05) is 98.0 Å². The first kappa shape index (κ1) is 27.5. The van der Waals surface area contributed by atoms with Crippen LogP contribution in [-0.4, -0.2) is 29.0 Å². The number of nitrogens with zero attached hydrogens (tertiary/aromatic N) is 3. The van der Waals surface area contributed by atoms with Gasteiger partial charge >= 0.3 is 0 Å². The van der Waals surface area contributed by atoms with Crippen LogP contribution in [0.25, 0.3) is 16.7 Å². The lowest BCUT2D eigenvalue weighted by Crippen LogP contribution is -2.25. The summed E-state index contributed by atoms with van der Waals surface area (Å²) in [7, 11) is 0. The van der Waals surface area contributed by atoms with Gasteiger partial charge in [-0.25, -0.2) is 0 Å². The first-order valence-corrected chi connectivity index (χ1v) is 15.9. The molecule has 4 atom stereocenters. The number of allylic oxidation sites excluding steroid dienone is 6. The van der Waals surface area contributed by atoms with Gasteiger partial charge in [0.15, 0.2) is 0 Å². The van der Waals surface area contributed by atoms with E-state index in [1.807, 2.05) is 6.20 Å². The van der Waals surface area contributed by atoms with Crippen molar-refractivity contribution in [3.8, 4) is 11.1 Å². The molecule has 3 aromatic rings. The molecule has 0 N–H and O–H groups in total. The maximum absolute atomic E-state index is 5.32. The Morgan fingerprint density at radius 3 is 2.28 bits per heavy atom. The lowest BCUT2D eigenvalue weighted by atomic mass is 9.77. The molecule has 0 radical (unpaired) electrons. The van der Waals surface area contributed by atoms with Gasteiger partial charge in [-0.2, -0.15) is 0 Å². The quantitative estimate of drug-likeness (QED) is 0.295. The number of pyridine rings is 1. The second-order valence-corrected chi connectivity index (χ2v) is 12.3. The minimum atomic E-state index is 0.124. The van der Waals surface area contributed by atoms with Gasteiger partial charge in [-0.15, -0.1) is 0 Å². The van der Waals surface area contributed by atoms with Gasteiger partial charge in [0.2, 0.25) is 0 Å². The summed E-state index contributed by atoms with van der Waals surface area (Å²) in [6, 6.07) is 26.0. The molecule has 0 amide bonds. The zero-order valence-electron chi connectivity index (χ0n) is 24.9. The molecule has 2 aliphatic heterocycles. The predicted molar refractivity (Wildman–Crippen MR) is 180 cm³/mol. The number of hydrogen-bond donors (Lipinski definition) is 0. The first-order chi connectivity index (χ1) is 21.2. The van der Waals surface area contributed by atoms with Crippen molar-refractivity contribution in [2.75, 3.05) is 0 Å². The fourth-order valence-electron chi connectivity index (χ4n) is 6.82. The molecular formula is C40H39N3. The predicted octanol–water partition coefficient (Wildman–Crippen LogP) is 9.41. The van der Waals surface area contributed by atoms with Crippen LogP contribution in [0.15, 0.2) is 142 Å². The van der Waals surface area contributed by atoms with E-state index in [-0.39, 0.29) is 6.04 Å². The third-order valence-corrected chi connectivity index (χ3v) is 9.15. The Hall–Kier alpha value is -4.37. The molecule has 2 aliphatic carbocycles. The molecule has 0 saturated carbocycles. The Morgan fingerprint density at radius 2 is 1.56 bits per heavy atom. The maximum atomic E-state index is 5.32. The number of dihydropyridines is 1. The van der Waals surface area contributed by atoms with Crippen molar-refractivity contribution in [1.82, 2.24) is 4.98 Å². The van der Waals surface area contributed by atoms with Crippen LogP contribution < -0.4 is 0 Å². The molecule has 3 heterocycles. The van der Waals surface area contributed by atoms with Crippen LogP contribution >= 0.6 is 0 Å². The molecule has 7 rings (SSSR count). The molecule has 0 bridgehead atoms. The zero-order chi connectivity index (χ0) is 29.0. The molecule has 4 aliphatic rings. The molecule has 3 nitrogen and oxygen atoms in total. The molecule has 43 heavy (non-hydrogen) atoms. The minimum Gasteiger partial charge on any atom is -0.294 e. The highest BCUT2D eigenvalue weighted by Gasteiger charge is 2.29. The van der Waals surface area contributed by atoms with Gasteiger partial charge in [0, 0.05) is 17.7 Å². The van der Waals surface area contributed by atoms with E-state index in [1.54, 1.807) is 0 Å². The standard InChI is InChI=1S/C40H39N3/c1-28-11-10-16-31(21-28)40-26-34(25-39(43-40)30-14-6-3-7-15-30)33-22-35(37-17-8-9-20-41-37)24-36(23-33)38-19-18-32(27-42-38)29-12-4-2-5-13-29/h2-7,10,12-16,18-21,23-25,27-28,35,37,40H,8-9,11,17,22,26H2,1H3. The number of aromatic nitrogens is 1. The topological polar surface area (TPSA) is 37.6 Å². The van der Waals surface area contributed by atoms with Crippen LogP contribution in [0.4, 0.5) is 0 Å². The van der Waals surface area contributed by atoms with Crippen molar-refractivity contribution in [3.05, 3.63) is 143 Å². The minimum absolute atomic E-state index is 0.124. The summed E-state index contributed by atoms with van der Waals surface area (Å²) in [5, 5.41) is 0. The van der Waals surface area contributed by atoms with Gasteiger partial charge in [0.25, 0.3) is 0 Å². The van der Waals surface area contributed by atoms with Crippen molar-refractivity contribution in [1.29, 1.82) is 0 Å². The summed E-state index contributed by atoms with van der Waals surface area (Å²) in [5.74, 6) is 0.904. The zero-order valence-corrected chi connectivity index (χ0v) is 24.9. The molecule has 0 fully saturated rings. The van der Waals surface area contributed by atoms with E-state index < -0.39 is 0 Å². The molecule has 214 valence electrons. The summed E-state index contributed by atoms with van der Waals surface area (Å²) in [5.41, 5.74) is 11.0. The fourth-order valence-corrected chi connectivity index (χ4v) is 6.82. The van der Waals surface area contributed by atoms with Crippen LogP contribution in [0.5, 0.6) is 0 Å². The summed E-state index contributed by atoms with van der Waals surface area (Å²) >= 11 is 0. The van der Waals surface area contributed by atoms with Gasteiger partial charge in [-0.05, 0) is 102 Å². The van der Waals surface area contributed by atoms with E-state index in [1.165, 1.54) is 39.8 Å². The fraction of sp³-hybridized carbons (Fsp3) is 0.275. The van der Waals surface area contributed by atoms with Crippen molar-refractivity contribution in [2.45, 2.75) is 57.5 Å². The average Bonchev–Trinajstić information content (AvgIpc) is 3.09. The molecule has 2 aromatic carbocycles. The van der Waals surface area contributed by atoms with E-state index in [4.69, 9.17) is 15.0 Å². The highest BCUT2D eigenvalue weighted by molar-refractivity contribution is 6.10. The summed E-state index contributed by atoms with van der Waals surface area (Å²) in [6.07, 6.45) is 24.9. The summed E-state index contributed by atoms with van der Waals surface area (Å²) in [4.78, 5) is 15.3. The van der Waals surface area contributed by atoms with Gasteiger partial charge in [0.1, 0.15) is 0 Å². The highest BCUT2D eigenvalue weighted by Crippen LogP contribution is 2.40. The second-order valence-electron chi connectivity index (χ2n) is 12.3. The van der Waals surface area contributed by atoms with E-state index in [2.05, 4.69) is 122 Å². The number of aliphatic imine (C=N–C) groups is 2. The van der Waals surface area contributed by atoms with Crippen molar-refractivity contribution in [2.24, 2.45) is 21.8 Å². The number of benzene rings is 2. The maximum Gasteiger partial charge on any atom is 0.0793 e. The van der Waals surface area contributed by atoms with E-state index in [0.29, 0.717) is 17.9 Å². The summed E-state index contributed by atoms with van der Waals surface area (Å²) < 4.78 is 0. The SMILES string of the molecule is CC1C=C(C2CC(C3=CC(c4ccc(-c5ccccc5)cn4)=CC(C4CCCC=N4)C3)=CC(c3ccccc3)=N2)C=CC1. The lowest BCUT2D eigenvalue weighted by Gasteiger charge is -2.31. The van der Waals surface area contributed by atoms with Crippen molar-refractivity contribution >= 4 is 17.5 Å². The van der Waals surface area contributed by atoms with Crippen molar-refractivity contribution < 1.29 is 0 Å². The molecule has 3 heteroatoms. The third kappa shape index (κ3) is 6.22.